The van der Waals surface area contributed by atoms with Gasteiger partial charge in [-0.3, -0.25) is 9.58 Å². The monoisotopic (exact) mass is 342 g/mol. The molecule has 1 saturated heterocycles. The Morgan fingerprint density at radius 2 is 2.05 bits per heavy atom. The molecule has 1 aromatic heterocycles. The van der Waals surface area contributed by atoms with Crippen LogP contribution >= 0.6 is 15.9 Å². The van der Waals surface area contributed by atoms with E-state index in [1.807, 2.05) is 11.7 Å². The zero-order chi connectivity index (χ0) is 14.5. The maximum Gasteiger partial charge on any atom is 0.0767 e. The van der Waals surface area contributed by atoms with E-state index < -0.39 is 0 Å². The minimum absolute atomic E-state index is 0.903. The lowest BCUT2D eigenvalue weighted by Crippen LogP contribution is -2.34. The molecule has 2 rings (SSSR count). The van der Waals surface area contributed by atoms with Gasteiger partial charge in [0, 0.05) is 13.6 Å². The Morgan fingerprint density at radius 3 is 2.60 bits per heavy atom. The number of likely N-dealkylation sites (tertiary alicyclic amines) is 1. The number of aryl methyl sites for hydroxylation is 2. The summed E-state index contributed by atoms with van der Waals surface area (Å²) in [5.74, 6) is 0.903. The van der Waals surface area contributed by atoms with Crippen LogP contribution in [0, 0.1) is 5.92 Å². The van der Waals surface area contributed by atoms with Gasteiger partial charge in [-0.05, 0) is 74.2 Å². The third kappa shape index (κ3) is 3.83. The first-order valence-electron chi connectivity index (χ1n) is 7.72. The summed E-state index contributed by atoms with van der Waals surface area (Å²) in [7, 11) is 4.10. The molecular formula is C15H27BrN4. The predicted octanol–water partition coefficient (Wildman–Crippen LogP) is 2.57. The lowest BCUT2D eigenvalue weighted by Gasteiger charge is -2.32. The summed E-state index contributed by atoms with van der Waals surface area (Å²) in [5, 5.41) is 7.84. The van der Waals surface area contributed by atoms with Crippen LogP contribution in [0.15, 0.2) is 4.47 Å². The second-order valence-corrected chi connectivity index (χ2v) is 6.59. The van der Waals surface area contributed by atoms with E-state index in [4.69, 9.17) is 0 Å². The van der Waals surface area contributed by atoms with Crippen molar-refractivity contribution in [1.82, 2.24) is 20.0 Å². The Balaban J connectivity index is 1.88. The lowest BCUT2D eigenvalue weighted by molar-refractivity contribution is 0.168. The average Bonchev–Trinajstić information content (AvgIpc) is 2.74. The summed E-state index contributed by atoms with van der Waals surface area (Å²) in [5.41, 5.74) is 2.49. The van der Waals surface area contributed by atoms with Gasteiger partial charge in [0.2, 0.25) is 0 Å². The van der Waals surface area contributed by atoms with E-state index in [0.29, 0.717) is 0 Å². The van der Waals surface area contributed by atoms with E-state index in [-0.39, 0.29) is 0 Å². The molecule has 1 N–H and O–H groups in total. The minimum atomic E-state index is 0.903. The molecule has 1 fully saturated rings. The number of rotatable bonds is 6. The molecule has 0 atom stereocenters. The van der Waals surface area contributed by atoms with E-state index in [1.54, 1.807) is 0 Å². The highest BCUT2D eigenvalue weighted by molar-refractivity contribution is 9.10. The molecule has 0 aromatic carbocycles. The third-order valence-corrected chi connectivity index (χ3v) is 5.30. The number of piperidine rings is 1. The Bertz CT molecular complexity index is 422. The molecule has 1 aliphatic rings. The molecule has 5 heteroatoms. The smallest absolute Gasteiger partial charge is 0.0767 e. The molecule has 0 radical (unpaired) electrons. The topological polar surface area (TPSA) is 33.1 Å². The van der Waals surface area contributed by atoms with Crippen LogP contribution in [0.3, 0.4) is 0 Å². The Labute approximate surface area is 131 Å². The van der Waals surface area contributed by atoms with Crippen molar-refractivity contribution in [2.75, 3.05) is 26.7 Å². The molecule has 0 unspecified atom stereocenters. The van der Waals surface area contributed by atoms with Crippen molar-refractivity contribution in [2.24, 2.45) is 13.0 Å². The highest BCUT2D eigenvalue weighted by Gasteiger charge is 2.21. The molecule has 2 heterocycles. The van der Waals surface area contributed by atoms with E-state index in [9.17, 15) is 0 Å². The van der Waals surface area contributed by atoms with Gasteiger partial charge >= 0.3 is 0 Å². The van der Waals surface area contributed by atoms with Crippen LogP contribution in [-0.4, -0.2) is 41.4 Å². The SMILES string of the molecule is CCc1nn(C)c(CN2CCC(CCNC)CC2)c1Br. The average molecular weight is 343 g/mol. The van der Waals surface area contributed by atoms with Gasteiger partial charge in [0.1, 0.15) is 0 Å². The largest absolute Gasteiger partial charge is 0.320 e. The van der Waals surface area contributed by atoms with Crippen LogP contribution in [0.4, 0.5) is 0 Å². The van der Waals surface area contributed by atoms with Crippen molar-refractivity contribution in [3.8, 4) is 0 Å². The molecule has 4 nitrogen and oxygen atoms in total. The Kier molecular flexibility index (Phi) is 6.05. The van der Waals surface area contributed by atoms with E-state index >= 15 is 0 Å². The number of halogens is 1. The Morgan fingerprint density at radius 1 is 1.35 bits per heavy atom. The fourth-order valence-corrected chi connectivity index (χ4v) is 3.73. The van der Waals surface area contributed by atoms with Crippen molar-refractivity contribution in [2.45, 2.75) is 39.2 Å². The van der Waals surface area contributed by atoms with Gasteiger partial charge < -0.3 is 5.32 Å². The summed E-state index contributed by atoms with van der Waals surface area (Å²) in [6.45, 7) is 6.76. The minimum Gasteiger partial charge on any atom is -0.320 e. The van der Waals surface area contributed by atoms with Crippen LogP contribution in [0.1, 0.15) is 37.6 Å². The molecule has 0 saturated carbocycles. The molecule has 1 aromatic rings. The lowest BCUT2D eigenvalue weighted by atomic mass is 9.93. The second kappa shape index (κ2) is 7.57. The fraction of sp³-hybridized carbons (Fsp3) is 0.800. The number of hydrogen-bond acceptors (Lipinski definition) is 3. The number of nitrogens with zero attached hydrogens (tertiary/aromatic N) is 3. The third-order valence-electron chi connectivity index (χ3n) is 4.39. The van der Waals surface area contributed by atoms with Gasteiger partial charge in [0.25, 0.3) is 0 Å². The quantitative estimate of drug-likeness (QED) is 0.862. The summed E-state index contributed by atoms with van der Waals surface area (Å²) >= 11 is 3.72. The van der Waals surface area contributed by atoms with E-state index in [2.05, 4.69) is 45.2 Å². The van der Waals surface area contributed by atoms with Crippen molar-refractivity contribution in [3.63, 3.8) is 0 Å². The predicted molar refractivity (Wildman–Crippen MR) is 86.8 cm³/mol. The highest BCUT2D eigenvalue weighted by Crippen LogP contribution is 2.26. The molecule has 0 aliphatic carbocycles. The van der Waals surface area contributed by atoms with Crippen molar-refractivity contribution in [1.29, 1.82) is 0 Å². The van der Waals surface area contributed by atoms with Gasteiger partial charge in [-0.2, -0.15) is 5.10 Å². The molecule has 1 aliphatic heterocycles. The zero-order valence-corrected chi connectivity index (χ0v) is 14.5. The van der Waals surface area contributed by atoms with Crippen LogP contribution < -0.4 is 5.32 Å². The van der Waals surface area contributed by atoms with Crippen LogP contribution in [0.5, 0.6) is 0 Å². The van der Waals surface area contributed by atoms with Gasteiger partial charge in [0.05, 0.1) is 15.9 Å². The summed E-state index contributed by atoms with van der Waals surface area (Å²) in [4.78, 5) is 2.57. The molecule has 0 spiro atoms. The van der Waals surface area contributed by atoms with Gasteiger partial charge in [-0.15, -0.1) is 0 Å². The number of hydrogen-bond donors (Lipinski definition) is 1. The van der Waals surface area contributed by atoms with Crippen molar-refractivity contribution < 1.29 is 0 Å². The molecular weight excluding hydrogens is 316 g/mol. The zero-order valence-electron chi connectivity index (χ0n) is 13.0. The molecule has 0 amide bonds. The van der Waals surface area contributed by atoms with Crippen LogP contribution in [-0.2, 0) is 20.0 Å². The first-order chi connectivity index (χ1) is 9.65. The summed E-state index contributed by atoms with van der Waals surface area (Å²) < 4.78 is 3.25. The number of aromatic nitrogens is 2. The maximum atomic E-state index is 4.58. The van der Waals surface area contributed by atoms with E-state index in [0.717, 1.165) is 25.4 Å². The molecule has 20 heavy (non-hydrogen) atoms. The van der Waals surface area contributed by atoms with Gasteiger partial charge in [0.15, 0.2) is 0 Å². The first-order valence-corrected chi connectivity index (χ1v) is 8.52. The van der Waals surface area contributed by atoms with Crippen molar-refractivity contribution >= 4 is 15.9 Å². The highest BCUT2D eigenvalue weighted by atomic mass is 79.9. The van der Waals surface area contributed by atoms with Gasteiger partial charge in [-0.1, -0.05) is 6.92 Å². The Hall–Kier alpha value is -0.390. The van der Waals surface area contributed by atoms with Crippen molar-refractivity contribution in [3.05, 3.63) is 15.9 Å². The molecule has 114 valence electrons. The standard InChI is InChI=1S/C15H27BrN4/c1-4-13-15(16)14(19(3)18-13)11-20-9-6-12(7-10-20)5-8-17-2/h12,17H,4-11H2,1-3H3. The fourth-order valence-electron chi connectivity index (χ4n) is 2.99. The first kappa shape index (κ1) is 16.0. The molecule has 0 bridgehead atoms. The van der Waals surface area contributed by atoms with Crippen LogP contribution in [0.25, 0.3) is 0 Å². The maximum absolute atomic E-state index is 4.58. The van der Waals surface area contributed by atoms with E-state index in [1.165, 1.54) is 48.2 Å². The number of nitrogens with one attached hydrogen (secondary N) is 1. The van der Waals surface area contributed by atoms with Crippen LogP contribution in [0.2, 0.25) is 0 Å². The summed E-state index contributed by atoms with van der Waals surface area (Å²) in [6, 6.07) is 0. The summed E-state index contributed by atoms with van der Waals surface area (Å²) in [6.07, 6.45) is 4.97. The van der Waals surface area contributed by atoms with Gasteiger partial charge in [-0.25, -0.2) is 0 Å². The second-order valence-electron chi connectivity index (χ2n) is 5.80. The normalized spacial score (nSPS) is 17.8.